The molecule has 0 atom stereocenters. The Labute approximate surface area is 135 Å². The molecule has 4 rings (SSSR count). The normalized spacial score (nSPS) is 24.7. The lowest BCUT2D eigenvalue weighted by Gasteiger charge is -2.40. The van der Waals surface area contributed by atoms with Gasteiger partial charge in [0.05, 0.1) is 12.4 Å². The van der Waals surface area contributed by atoms with Gasteiger partial charge in [-0.15, -0.1) is 0 Å². The van der Waals surface area contributed by atoms with E-state index in [-0.39, 0.29) is 11.8 Å². The second-order valence-corrected chi connectivity index (χ2v) is 6.93. The van der Waals surface area contributed by atoms with Crippen LogP contribution in [0.3, 0.4) is 0 Å². The predicted molar refractivity (Wildman–Crippen MR) is 81.7 cm³/mol. The molecule has 0 aromatic carbocycles. The summed E-state index contributed by atoms with van der Waals surface area (Å²) in [5.41, 5.74) is 0.456. The minimum atomic E-state index is -0.449. The second-order valence-electron chi connectivity index (χ2n) is 6.93. The molecule has 7 heteroatoms. The van der Waals surface area contributed by atoms with Crippen LogP contribution in [0.4, 0.5) is 0 Å². The molecule has 2 aliphatic heterocycles. The summed E-state index contributed by atoms with van der Waals surface area (Å²) in [6.07, 6.45) is 4.81. The highest BCUT2D eigenvalue weighted by Gasteiger charge is 2.49. The van der Waals surface area contributed by atoms with Crippen LogP contribution in [0.15, 0.2) is 10.6 Å². The third-order valence-electron chi connectivity index (χ3n) is 5.77. The van der Waals surface area contributed by atoms with Crippen molar-refractivity contribution in [3.63, 3.8) is 0 Å². The van der Waals surface area contributed by atoms with Gasteiger partial charge >= 0.3 is 0 Å². The van der Waals surface area contributed by atoms with Gasteiger partial charge in [-0.3, -0.25) is 14.5 Å². The molecule has 23 heavy (non-hydrogen) atoms. The van der Waals surface area contributed by atoms with E-state index in [0.29, 0.717) is 44.3 Å². The van der Waals surface area contributed by atoms with Crippen LogP contribution >= 0.6 is 0 Å². The van der Waals surface area contributed by atoms with Crippen LogP contribution in [-0.2, 0) is 4.79 Å². The van der Waals surface area contributed by atoms with E-state index >= 15 is 0 Å². The van der Waals surface area contributed by atoms with Gasteiger partial charge in [0, 0.05) is 25.1 Å². The predicted octanol–water partition coefficient (Wildman–Crippen LogP) is 0.936. The zero-order valence-corrected chi connectivity index (χ0v) is 13.4. The largest absolute Gasteiger partial charge is 0.351 e. The fourth-order valence-electron chi connectivity index (χ4n) is 3.81. The Morgan fingerprint density at radius 1 is 1.39 bits per heavy atom. The lowest BCUT2D eigenvalue weighted by Crippen LogP contribution is -2.55. The molecule has 2 amide bonds. The van der Waals surface area contributed by atoms with Crippen molar-refractivity contribution in [3.8, 4) is 0 Å². The molecule has 1 aromatic heterocycles. The molecule has 7 nitrogen and oxygen atoms in total. The summed E-state index contributed by atoms with van der Waals surface area (Å²) < 4.78 is 5.26. The molecule has 3 aliphatic rings. The minimum Gasteiger partial charge on any atom is -0.351 e. The summed E-state index contributed by atoms with van der Waals surface area (Å²) in [5, 5.41) is 6.94. The molecule has 2 saturated heterocycles. The minimum absolute atomic E-state index is 0.0824. The average molecular weight is 318 g/mol. The van der Waals surface area contributed by atoms with Crippen molar-refractivity contribution in [1.82, 2.24) is 20.3 Å². The number of nitrogens with one attached hydrogen (secondary N) is 1. The smallest absolute Gasteiger partial charge is 0.292 e. The Bertz CT molecular complexity index is 629. The van der Waals surface area contributed by atoms with Crippen molar-refractivity contribution in [2.24, 2.45) is 0 Å². The Morgan fingerprint density at radius 3 is 2.70 bits per heavy atom. The number of amides is 2. The fraction of sp³-hybridized carbons (Fsp3) is 0.688. The number of piperidine rings is 1. The summed E-state index contributed by atoms with van der Waals surface area (Å²) in [6, 6.07) is 1.80. The number of carbonyl (C=O) groups is 2. The first-order valence-corrected chi connectivity index (χ1v) is 8.35. The first-order valence-electron chi connectivity index (χ1n) is 8.35. The zero-order chi connectivity index (χ0) is 16.0. The molecule has 0 bridgehead atoms. The van der Waals surface area contributed by atoms with E-state index in [0.717, 1.165) is 18.5 Å². The maximum Gasteiger partial charge on any atom is 0.292 e. The molecule has 1 aliphatic carbocycles. The van der Waals surface area contributed by atoms with E-state index in [1.54, 1.807) is 11.0 Å². The van der Waals surface area contributed by atoms with Crippen molar-refractivity contribution in [2.75, 3.05) is 26.8 Å². The summed E-state index contributed by atoms with van der Waals surface area (Å²) in [5.74, 6) is 0.755. The van der Waals surface area contributed by atoms with Crippen molar-refractivity contribution in [1.29, 1.82) is 0 Å². The lowest BCUT2D eigenvalue weighted by molar-refractivity contribution is -0.128. The van der Waals surface area contributed by atoms with E-state index in [1.165, 1.54) is 6.42 Å². The monoisotopic (exact) mass is 318 g/mol. The molecule has 124 valence electrons. The van der Waals surface area contributed by atoms with Crippen molar-refractivity contribution >= 4 is 11.8 Å². The maximum absolute atomic E-state index is 12.6. The molecule has 1 aromatic rings. The van der Waals surface area contributed by atoms with Crippen LogP contribution in [0.2, 0.25) is 0 Å². The maximum atomic E-state index is 12.6. The second kappa shape index (κ2) is 5.33. The zero-order valence-electron chi connectivity index (χ0n) is 13.4. The van der Waals surface area contributed by atoms with Crippen LogP contribution in [-0.4, -0.2) is 59.1 Å². The molecule has 1 N–H and O–H groups in total. The van der Waals surface area contributed by atoms with Gasteiger partial charge in [0.25, 0.3) is 5.91 Å². The number of hydrogen-bond acceptors (Lipinski definition) is 5. The van der Waals surface area contributed by atoms with Gasteiger partial charge in [-0.05, 0) is 32.7 Å². The van der Waals surface area contributed by atoms with Gasteiger partial charge in [-0.1, -0.05) is 11.6 Å². The van der Waals surface area contributed by atoms with E-state index in [4.69, 9.17) is 4.52 Å². The molecule has 3 heterocycles. The molecular weight excluding hydrogens is 296 g/mol. The summed E-state index contributed by atoms with van der Waals surface area (Å²) in [6.45, 7) is 1.71. The van der Waals surface area contributed by atoms with E-state index in [2.05, 4.69) is 15.4 Å². The third kappa shape index (κ3) is 2.25. The molecule has 3 fully saturated rings. The highest BCUT2D eigenvalue weighted by molar-refractivity contribution is 5.92. The Hall–Kier alpha value is -1.89. The molecule has 1 saturated carbocycles. The molecule has 1 spiro atoms. The number of carbonyl (C=O) groups excluding carboxylic acids is 2. The Morgan fingerprint density at radius 2 is 2.13 bits per heavy atom. The van der Waals surface area contributed by atoms with Crippen molar-refractivity contribution < 1.29 is 14.1 Å². The van der Waals surface area contributed by atoms with Crippen LogP contribution in [0.5, 0.6) is 0 Å². The number of nitrogens with zero attached hydrogens (tertiary/aromatic N) is 3. The number of rotatable bonds is 2. The van der Waals surface area contributed by atoms with Gasteiger partial charge in [0.1, 0.15) is 5.54 Å². The highest BCUT2D eigenvalue weighted by Crippen LogP contribution is 2.36. The molecule has 0 radical (unpaired) electrons. The fourth-order valence-corrected chi connectivity index (χ4v) is 3.81. The molecule has 0 unspecified atom stereocenters. The molecular formula is C16H22N4O3. The first kappa shape index (κ1) is 14.7. The number of likely N-dealkylation sites (tertiary alicyclic amines) is 1. The SMILES string of the molecule is CN1CNC(=O)C12CCN(C(=O)c1cc(C3CCC3)no1)CC2. The van der Waals surface area contributed by atoms with E-state index < -0.39 is 5.54 Å². The Kier molecular flexibility index (Phi) is 3.41. The number of hydrogen-bond donors (Lipinski definition) is 1. The van der Waals surface area contributed by atoms with Crippen molar-refractivity contribution in [2.45, 2.75) is 43.6 Å². The number of aromatic nitrogens is 1. The van der Waals surface area contributed by atoms with Crippen LogP contribution < -0.4 is 5.32 Å². The average Bonchev–Trinajstić information content (AvgIpc) is 3.08. The van der Waals surface area contributed by atoms with E-state index in [1.807, 2.05) is 7.05 Å². The van der Waals surface area contributed by atoms with Crippen molar-refractivity contribution in [3.05, 3.63) is 17.5 Å². The van der Waals surface area contributed by atoms with E-state index in [9.17, 15) is 9.59 Å². The quantitative estimate of drug-likeness (QED) is 0.878. The van der Waals surface area contributed by atoms with Crippen LogP contribution in [0, 0.1) is 0 Å². The van der Waals surface area contributed by atoms with Gasteiger partial charge < -0.3 is 14.7 Å². The van der Waals surface area contributed by atoms with Gasteiger partial charge in [-0.25, -0.2) is 0 Å². The lowest BCUT2D eigenvalue weighted by atomic mass is 9.83. The summed E-state index contributed by atoms with van der Waals surface area (Å²) in [7, 11) is 1.96. The van der Waals surface area contributed by atoms with Gasteiger partial charge in [0.2, 0.25) is 11.7 Å². The topological polar surface area (TPSA) is 78.7 Å². The van der Waals surface area contributed by atoms with Gasteiger partial charge in [-0.2, -0.15) is 0 Å². The first-order chi connectivity index (χ1) is 11.1. The third-order valence-corrected chi connectivity index (χ3v) is 5.77. The summed E-state index contributed by atoms with van der Waals surface area (Å²) in [4.78, 5) is 28.6. The van der Waals surface area contributed by atoms with Gasteiger partial charge in [0.15, 0.2) is 0 Å². The number of likely N-dealkylation sites (N-methyl/N-ethyl adjacent to an activating group) is 1. The van der Waals surface area contributed by atoms with Crippen LogP contribution in [0.25, 0.3) is 0 Å². The standard InChI is InChI=1S/C16H22N4O3/c1-19-10-17-15(22)16(19)5-7-20(8-6-16)14(21)13-9-12(18-23-13)11-3-2-4-11/h9,11H,2-8,10H2,1H3,(H,17,22). The van der Waals surface area contributed by atoms with Crippen LogP contribution in [0.1, 0.15) is 54.3 Å². The Balaban J connectivity index is 1.42. The highest BCUT2D eigenvalue weighted by atomic mass is 16.5. The summed E-state index contributed by atoms with van der Waals surface area (Å²) >= 11 is 0.